The van der Waals surface area contributed by atoms with Crippen molar-refractivity contribution in [3.05, 3.63) is 114 Å². The third-order valence-electron chi connectivity index (χ3n) is 8.33. The lowest BCUT2D eigenvalue weighted by Crippen LogP contribution is -2.59. The quantitative estimate of drug-likeness (QED) is 0.0386. The largest absolute Gasteiger partial charge is 0.370 e. The number of amides is 5. The number of carbonyl (C=O) groups is 5. The van der Waals surface area contributed by atoms with Gasteiger partial charge in [-0.25, -0.2) is 4.98 Å². The minimum atomic E-state index is -1.16. The van der Waals surface area contributed by atoms with Crippen molar-refractivity contribution in [3.63, 3.8) is 0 Å². The van der Waals surface area contributed by atoms with Gasteiger partial charge < -0.3 is 43.5 Å². The number of benzene rings is 3. The van der Waals surface area contributed by atoms with Crippen LogP contribution in [0.2, 0.25) is 0 Å². The van der Waals surface area contributed by atoms with Gasteiger partial charge in [-0.3, -0.25) is 29.0 Å². The predicted octanol–water partition coefficient (Wildman–Crippen LogP) is 0.603. The number of nitrogens with one attached hydrogen (secondary N) is 5. The minimum Gasteiger partial charge on any atom is -0.370 e. The van der Waals surface area contributed by atoms with E-state index in [1.54, 1.807) is 24.3 Å². The van der Waals surface area contributed by atoms with Crippen molar-refractivity contribution < 1.29 is 24.0 Å². The molecule has 53 heavy (non-hydrogen) atoms. The third-order valence-corrected chi connectivity index (χ3v) is 8.33. The van der Waals surface area contributed by atoms with Crippen molar-refractivity contribution in [2.45, 2.75) is 63.2 Å². The van der Waals surface area contributed by atoms with Gasteiger partial charge in [-0.15, -0.1) is 0 Å². The van der Waals surface area contributed by atoms with Crippen molar-refractivity contribution in [1.82, 2.24) is 31.2 Å². The summed E-state index contributed by atoms with van der Waals surface area (Å²) < 4.78 is 0. The van der Waals surface area contributed by atoms with Crippen molar-refractivity contribution in [3.8, 4) is 11.1 Å². The number of primary amides is 1. The Morgan fingerprint density at radius 2 is 1.19 bits per heavy atom. The normalized spacial score (nSPS) is 13.0. The number of carbonyl (C=O) groups excluding carboxylic acids is 5. The summed E-state index contributed by atoms with van der Waals surface area (Å²) in [5.41, 5.74) is 20.8. The van der Waals surface area contributed by atoms with Crippen LogP contribution in [-0.2, 0) is 43.2 Å². The van der Waals surface area contributed by atoms with Crippen LogP contribution in [0.4, 0.5) is 0 Å². The molecule has 0 aliphatic heterocycles. The highest BCUT2D eigenvalue weighted by Gasteiger charge is 2.31. The summed E-state index contributed by atoms with van der Waals surface area (Å²) in [5.74, 6) is -3.27. The molecule has 0 unspecified atom stereocenters. The second-order valence-electron chi connectivity index (χ2n) is 12.5. The summed E-state index contributed by atoms with van der Waals surface area (Å²) in [6, 6.07) is 21.9. The molecule has 4 aromatic rings. The molecule has 1 aromatic heterocycles. The van der Waals surface area contributed by atoms with E-state index in [9.17, 15) is 24.0 Å². The number of hydrogen-bond donors (Lipinski definition) is 8. The lowest BCUT2D eigenvalue weighted by Gasteiger charge is -2.26. The fourth-order valence-corrected chi connectivity index (χ4v) is 5.64. The van der Waals surface area contributed by atoms with Gasteiger partial charge in [-0.2, -0.15) is 0 Å². The number of aromatic amines is 1. The first-order valence-electron chi connectivity index (χ1n) is 17.2. The van der Waals surface area contributed by atoms with Gasteiger partial charge >= 0.3 is 0 Å². The smallest absolute Gasteiger partial charge is 0.243 e. The molecule has 0 bridgehead atoms. The minimum absolute atomic E-state index is 0.0699. The summed E-state index contributed by atoms with van der Waals surface area (Å²) in [7, 11) is 0. The first kappa shape index (κ1) is 39.3. The zero-order chi connectivity index (χ0) is 38.2. The SMILES string of the molecule is CC(=O)N[C@@H](Cc1cnc[nH]1)C(=O)N[C@@H](Cc1ccccc1)C(=O)N[C@@H](CCCN=C(N)N)C(=O)N[C@H](Cc1ccc(-c2ccccc2)cc1)C(N)=O. The van der Waals surface area contributed by atoms with E-state index in [-0.39, 0.29) is 38.2 Å². The molecule has 4 atom stereocenters. The van der Waals surface area contributed by atoms with Crippen molar-refractivity contribution >= 4 is 35.5 Å². The van der Waals surface area contributed by atoms with Gasteiger partial charge in [0.15, 0.2) is 5.96 Å². The maximum atomic E-state index is 14.0. The third kappa shape index (κ3) is 13.0. The van der Waals surface area contributed by atoms with E-state index in [2.05, 4.69) is 36.2 Å². The number of guanidine groups is 1. The Kier molecular flexibility index (Phi) is 14.7. The maximum absolute atomic E-state index is 14.0. The summed E-state index contributed by atoms with van der Waals surface area (Å²) in [6.45, 7) is 1.46. The van der Waals surface area contributed by atoms with Gasteiger partial charge in [-0.05, 0) is 35.1 Å². The summed E-state index contributed by atoms with van der Waals surface area (Å²) in [6.07, 6.45) is 3.63. The number of hydrogen-bond acceptors (Lipinski definition) is 7. The lowest BCUT2D eigenvalue weighted by atomic mass is 10.00. The zero-order valence-corrected chi connectivity index (χ0v) is 29.5. The van der Waals surface area contributed by atoms with Crippen LogP contribution in [0.5, 0.6) is 0 Å². The van der Waals surface area contributed by atoms with Gasteiger partial charge in [0.1, 0.15) is 24.2 Å². The molecule has 0 saturated heterocycles. The fourth-order valence-electron chi connectivity index (χ4n) is 5.64. The van der Waals surface area contributed by atoms with E-state index in [0.717, 1.165) is 22.3 Å². The van der Waals surface area contributed by atoms with Crippen LogP contribution in [0, 0.1) is 0 Å². The van der Waals surface area contributed by atoms with Crippen molar-refractivity contribution in [2.75, 3.05) is 6.54 Å². The zero-order valence-electron chi connectivity index (χ0n) is 29.5. The molecule has 4 rings (SSSR count). The van der Waals surface area contributed by atoms with Gasteiger partial charge in [0, 0.05) is 44.6 Å². The van der Waals surface area contributed by atoms with Gasteiger partial charge in [-0.1, -0.05) is 84.9 Å². The Morgan fingerprint density at radius 3 is 1.77 bits per heavy atom. The molecule has 0 aliphatic rings. The van der Waals surface area contributed by atoms with Crippen LogP contribution >= 0.6 is 0 Å². The van der Waals surface area contributed by atoms with Crippen LogP contribution in [-0.4, -0.2) is 76.2 Å². The lowest BCUT2D eigenvalue weighted by molar-refractivity contribution is -0.134. The number of nitrogens with two attached hydrogens (primary N) is 3. The van der Waals surface area contributed by atoms with Crippen LogP contribution in [0.1, 0.15) is 36.6 Å². The van der Waals surface area contributed by atoms with E-state index in [1.807, 2.05) is 60.7 Å². The molecule has 1 heterocycles. The Hall–Kier alpha value is -6.51. The monoisotopic (exact) mass is 722 g/mol. The van der Waals surface area contributed by atoms with Crippen molar-refractivity contribution in [1.29, 1.82) is 0 Å². The van der Waals surface area contributed by atoms with E-state index in [4.69, 9.17) is 17.2 Å². The molecule has 0 spiro atoms. The Labute approximate surface area is 307 Å². The molecule has 3 aromatic carbocycles. The number of aliphatic imine (C=N–C) groups is 1. The molecular formula is C38H46N10O5. The molecule has 15 nitrogen and oxygen atoms in total. The number of imidazole rings is 1. The van der Waals surface area contributed by atoms with E-state index in [0.29, 0.717) is 12.1 Å². The predicted molar refractivity (Wildman–Crippen MR) is 201 cm³/mol. The Bertz CT molecular complexity index is 1830. The average Bonchev–Trinajstić information content (AvgIpc) is 3.66. The molecule has 15 heteroatoms. The number of rotatable bonds is 19. The van der Waals surface area contributed by atoms with Crippen molar-refractivity contribution in [2.24, 2.45) is 22.2 Å². The molecular weight excluding hydrogens is 676 g/mol. The van der Waals surface area contributed by atoms with E-state index >= 15 is 0 Å². The second-order valence-corrected chi connectivity index (χ2v) is 12.5. The summed E-state index contributed by atoms with van der Waals surface area (Å²) in [4.78, 5) is 76.8. The van der Waals surface area contributed by atoms with Crippen LogP contribution in [0.15, 0.2) is 102 Å². The first-order chi connectivity index (χ1) is 25.5. The average molecular weight is 723 g/mol. The summed E-state index contributed by atoms with van der Waals surface area (Å²) >= 11 is 0. The summed E-state index contributed by atoms with van der Waals surface area (Å²) in [5, 5.41) is 10.8. The van der Waals surface area contributed by atoms with Gasteiger partial charge in [0.2, 0.25) is 29.5 Å². The van der Waals surface area contributed by atoms with E-state index in [1.165, 1.54) is 19.4 Å². The highest BCUT2D eigenvalue weighted by Crippen LogP contribution is 2.20. The molecule has 0 saturated carbocycles. The molecule has 0 aliphatic carbocycles. The highest BCUT2D eigenvalue weighted by atomic mass is 16.2. The number of aromatic nitrogens is 2. The second kappa shape index (κ2) is 19.8. The van der Waals surface area contributed by atoms with Crippen LogP contribution in [0.25, 0.3) is 11.1 Å². The number of H-pyrrole nitrogens is 1. The van der Waals surface area contributed by atoms with Crippen LogP contribution < -0.4 is 38.5 Å². The topological polar surface area (TPSA) is 253 Å². The van der Waals surface area contributed by atoms with Gasteiger partial charge in [0.25, 0.3) is 0 Å². The highest BCUT2D eigenvalue weighted by molar-refractivity contribution is 5.95. The first-order valence-corrected chi connectivity index (χ1v) is 17.2. The molecule has 5 amide bonds. The molecule has 11 N–H and O–H groups in total. The fraction of sp³-hybridized carbons (Fsp3) is 0.289. The Balaban J connectivity index is 1.53. The molecule has 278 valence electrons. The van der Waals surface area contributed by atoms with Crippen LogP contribution in [0.3, 0.4) is 0 Å². The van der Waals surface area contributed by atoms with Gasteiger partial charge in [0.05, 0.1) is 6.33 Å². The molecule has 0 radical (unpaired) electrons. The Morgan fingerprint density at radius 1 is 0.660 bits per heavy atom. The standard InChI is InChI=1S/C38H46N10O5/c1-24(49)45-33(21-29-22-42-23-44-29)37(53)48-32(20-25-9-4-2-5-10-25)36(52)46-30(13-8-18-43-38(40)41)35(51)47-31(34(39)50)19-26-14-16-28(17-15-26)27-11-6-3-7-12-27/h2-7,9-12,14-17,22-23,30-33H,8,13,18-21H2,1H3,(H2,39,50)(H,42,44)(H,45,49)(H,46,52)(H,47,51)(H,48,53)(H4,40,41,43)/t30-,31+,32-,33-/m0/s1. The molecule has 0 fully saturated rings. The van der Waals surface area contributed by atoms with E-state index < -0.39 is 53.7 Å². The maximum Gasteiger partial charge on any atom is 0.243 e. The number of nitrogens with zero attached hydrogens (tertiary/aromatic N) is 2.